The molecule has 1 amide bonds. The molecule has 11 aromatic carbocycles. The standard InChI is InChI=1S/C19H16O2S.C18H18N2O2S2.C18H15NO2S.C17H14N2O2S.C12H12N2O6S/c1-22(20,21)17-13-11-16(12-14-17)19-10-6-5-9-18(19)15-7-3-2-4-8-15;1-13-11-18(14-3-9-17(10-4-14)24(19,21)22)20(12-13)15-5-7-16(23-2)8-6-15;19-22(20,21)16-12-10-15(11-13-16)18-9-5-4-8-17(18)14-6-2-1-3-7-14;18-22(20,21)15-10-8-13(9-11-15)16-7-4-12-19-17(16)14-5-2-1-3-6-14;1-19-11-3-7-10(4-8(11)14-21(2,17)18)20-5-9(12(7)16)13-6-15/h2-14H,1H3;3-12H,1-2H3,(H2,19,21,22);1-13H,(H2,19,20,21);1-12H,(H2,18,20,21);3-6,14H,1-2H3,(H,13,15). The molecular formula is C84H75N7O14S6. The quantitative estimate of drug-likeness (QED) is 0.0393. The number of ether oxygens (including phenoxy) is 1. The SMILES string of the molecule is COc1cc2c(=O)c(NC=O)coc2cc1NS(C)(=O)=O.CS(=O)(=O)c1ccc(-c2ccccc2-c2ccccc2)cc1.CSc1ccc(-n2cc(C)cc2-c2ccc(S(N)(=O)=O)cc2)cc1.NS(=O)(=O)c1ccc(-c2ccccc2-c2ccccc2)cc1.NS(=O)(=O)c1ccc(-c2cccnc2-c2ccccc2)cc1. The third-order valence-corrected chi connectivity index (χ3v) is 22.1. The first kappa shape index (κ1) is 81.6. The lowest BCUT2D eigenvalue weighted by atomic mass is 9.95. The zero-order valence-electron chi connectivity index (χ0n) is 60.3. The van der Waals surface area contributed by atoms with E-state index in [1.54, 1.807) is 66.5 Å². The van der Waals surface area contributed by atoms with E-state index in [2.05, 4.69) is 98.6 Å². The van der Waals surface area contributed by atoms with E-state index in [1.165, 1.54) is 66.8 Å². The van der Waals surface area contributed by atoms with Gasteiger partial charge in [0.1, 0.15) is 23.3 Å². The number of primary sulfonamides is 3. The number of hydrogen-bond acceptors (Lipinski definition) is 16. The lowest BCUT2D eigenvalue weighted by Crippen LogP contribution is -2.12. The predicted octanol–water partition coefficient (Wildman–Crippen LogP) is 15.7. The molecule has 0 spiro atoms. The van der Waals surface area contributed by atoms with Crippen LogP contribution in [0, 0.1) is 6.92 Å². The fourth-order valence-corrected chi connectivity index (χ4v) is 14.7. The van der Waals surface area contributed by atoms with E-state index in [4.69, 9.17) is 24.6 Å². The molecule has 0 saturated carbocycles. The number of methoxy groups -OCH3 is 1. The van der Waals surface area contributed by atoms with Crippen molar-refractivity contribution in [1.29, 1.82) is 0 Å². The molecule has 0 aliphatic rings. The highest BCUT2D eigenvalue weighted by Crippen LogP contribution is 2.37. The maximum Gasteiger partial charge on any atom is 0.238 e. The van der Waals surface area contributed by atoms with Crippen LogP contribution in [0.5, 0.6) is 5.75 Å². The van der Waals surface area contributed by atoms with Crippen molar-refractivity contribution in [2.75, 3.05) is 35.9 Å². The number of nitrogens with one attached hydrogen (secondary N) is 2. The Morgan fingerprint density at radius 2 is 0.856 bits per heavy atom. The third-order valence-electron chi connectivity index (χ3n) is 16.9. The van der Waals surface area contributed by atoms with Gasteiger partial charge in [0.15, 0.2) is 9.84 Å². The molecule has 3 heterocycles. The van der Waals surface area contributed by atoms with Crippen molar-refractivity contribution in [2.24, 2.45) is 15.4 Å². The molecular weight excluding hydrogens is 1520 g/mol. The summed E-state index contributed by atoms with van der Waals surface area (Å²) in [7, 11) is -16.4. The van der Waals surface area contributed by atoms with Gasteiger partial charge in [-0.2, -0.15) is 0 Å². The number of pyridine rings is 1. The minimum Gasteiger partial charge on any atom is -0.495 e. The maximum absolute atomic E-state index is 12.1. The molecule has 14 rings (SSSR count). The summed E-state index contributed by atoms with van der Waals surface area (Å²) in [4.78, 5) is 28.8. The molecule has 0 bridgehead atoms. The molecule has 14 aromatic rings. The number of fused-ring (bicyclic) bond motifs is 1. The molecule has 3 aromatic heterocycles. The van der Waals surface area contributed by atoms with Crippen LogP contribution in [0.4, 0.5) is 11.4 Å². The largest absolute Gasteiger partial charge is 0.495 e. The minimum atomic E-state index is -3.68. The Labute approximate surface area is 649 Å². The van der Waals surface area contributed by atoms with Crippen molar-refractivity contribution in [3.05, 3.63) is 326 Å². The van der Waals surface area contributed by atoms with Gasteiger partial charge < -0.3 is 19.0 Å². The summed E-state index contributed by atoms with van der Waals surface area (Å²) in [6.07, 6.45) is 9.50. The Bertz CT molecular complexity index is 5900. The van der Waals surface area contributed by atoms with Gasteiger partial charge in [0.25, 0.3) is 0 Å². The van der Waals surface area contributed by atoms with Crippen LogP contribution in [0.3, 0.4) is 0 Å². The number of amides is 1. The molecule has 0 saturated heterocycles. The number of aryl methyl sites for hydroxylation is 1. The Hall–Kier alpha value is -11.9. The summed E-state index contributed by atoms with van der Waals surface area (Å²) >= 11 is 1.70. The normalized spacial score (nSPS) is 11.4. The van der Waals surface area contributed by atoms with Gasteiger partial charge in [0.2, 0.25) is 51.9 Å². The van der Waals surface area contributed by atoms with Crippen LogP contribution < -0.4 is 35.6 Å². The fraction of sp³-hybridized carbons (Fsp3) is 0.0595. The van der Waals surface area contributed by atoms with Gasteiger partial charge >= 0.3 is 0 Å². The van der Waals surface area contributed by atoms with Gasteiger partial charge in [0.05, 0.1) is 55.4 Å². The highest BCUT2D eigenvalue weighted by molar-refractivity contribution is 7.98. The number of anilines is 2. The van der Waals surface area contributed by atoms with Crippen LogP contribution in [0.1, 0.15) is 5.56 Å². The van der Waals surface area contributed by atoms with Crippen LogP contribution in [0.15, 0.2) is 344 Å². The summed E-state index contributed by atoms with van der Waals surface area (Å²) in [6, 6.07) is 89.9. The molecule has 0 atom stereocenters. The fourth-order valence-electron chi connectivity index (χ4n) is 11.6. The van der Waals surface area contributed by atoms with Crippen LogP contribution in [-0.4, -0.2) is 83.9 Å². The number of hydrogen-bond donors (Lipinski definition) is 5. The van der Waals surface area contributed by atoms with Gasteiger partial charge in [-0.1, -0.05) is 194 Å². The lowest BCUT2D eigenvalue weighted by molar-refractivity contribution is -0.105. The van der Waals surface area contributed by atoms with E-state index in [1.807, 2.05) is 135 Å². The summed E-state index contributed by atoms with van der Waals surface area (Å²) in [5, 5.41) is 17.8. The van der Waals surface area contributed by atoms with Crippen molar-refractivity contribution in [3.8, 4) is 89.6 Å². The summed E-state index contributed by atoms with van der Waals surface area (Å²) in [6.45, 7) is 2.04. The number of nitrogens with zero attached hydrogens (tertiary/aromatic N) is 2. The number of carbonyl (C=O) groups excluding carboxylic acids is 1. The molecule has 0 aliphatic heterocycles. The highest BCUT2D eigenvalue weighted by Gasteiger charge is 2.18. The van der Waals surface area contributed by atoms with Gasteiger partial charge in [-0.25, -0.2) is 57.5 Å². The Morgan fingerprint density at radius 3 is 1.26 bits per heavy atom. The highest BCUT2D eigenvalue weighted by atomic mass is 32.2. The van der Waals surface area contributed by atoms with Crippen molar-refractivity contribution >= 4 is 90.4 Å². The number of carbonyl (C=O) groups is 1. The van der Waals surface area contributed by atoms with Crippen molar-refractivity contribution in [3.63, 3.8) is 0 Å². The van der Waals surface area contributed by atoms with E-state index in [0.717, 1.165) is 102 Å². The minimum absolute atomic E-state index is 0.0247. The molecule has 0 fully saturated rings. The molecule has 566 valence electrons. The number of sulfone groups is 1. The number of rotatable bonds is 18. The number of benzene rings is 11. The molecule has 111 heavy (non-hydrogen) atoms. The first-order valence-electron chi connectivity index (χ1n) is 33.5. The second-order valence-electron chi connectivity index (χ2n) is 24.7. The average Bonchev–Trinajstić information content (AvgIpc) is 1.78. The molecule has 0 radical (unpaired) electrons. The first-order valence-corrected chi connectivity index (χ1v) is 43.2. The van der Waals surface area contributed by atoms with Gasteiger partial charge in [-0.05, 0) is 165 Å². The number of sulfonamides is 4. The second-order valence-corrected chi connectivity index (χ2v) is 34.1. The molecule has 0 unspecified atom stereocenters. The van der Waals surface area contributed by atoms with E-state index in [-0.39, 0.29) is 42.8 Å². The Morgan fingerprint density at radius 1 is 0.459 bits per heavy atom. The maximum atomic E-state index is 12.1. The van der Waals surface area contributed by atoms with E-state index in [9.17, 15) is 51.7 Å². The van der Waals surface area contributed by atoms with Crippen LogP contribution in [0.25, 0.3) is 94.8 Å². The molecule has 0 aliphatic carbocycles. The van der Waals surface area contributed by atoms with Crippen molar-refractivity contribution < 1.29 is 56.0 Å². The van der Waals surface area contributed by atoms with E-state index in [0.29, 0.717) is 11.3 Å². The number of thioether (sulfide) groups is 1. The van der Waals surface area contributed by atoms with Crippen molar-refractivity contribution in [2.45, 2.75) is 31.4 Å². The topological polar surface area (TPSA) is 347 Å². The lowest BCUT2D eigenvalue weighted by Gasteiger charge is -2.11. The summed E-state index contributed by atoms with van der Waals surface area (Å²) in [5.41, 5.74) is 16.2. The zero-order valence-corrected chi connectivity index (χ0v) is 65.2. The number of nitrogens with two attached hydrogens (primary N) is 3. The Kier molecular flexibility index (Phi) is 26.5. The molecule has 8 N–H and O–H groups in total. The van der Waals surface area contributed by atoms with Gasteiger partial charge in [0, 0.05) is 46.4 Å². The van der Waals surface area contributed by atoms with Gasteiger partial charge in [-0.15, -0.1) is 11.8 Å². The monoisotopic (exact) mass is 1600 g/mol. The number of aromatic nitrogens is 2. The average molecular weight is 1600 g/mol. The van der Waals surface area contributed by atoms with Crippen molar-refractivity contribution in [1.82, 2.24) is 9.55 Å². The summed E-state index contributed by atoms with van der Waals surface area (Å²) in [5.74, 6) is 0.156. The zero-order chi connectivity index (χ0) is 79.7. The predicted molar refractivity (Wildman–Crippen MR) is 442 cm³/mol. The second kappa shape index (κ2) is 36.1. The van der Waals surface area contributed by atoms with Crippen LogP contribution in [-0.2, 0) is 54.7 Å². The first-order chi connectivity index (χ1) is 52.9. The molecule has 27 heteroatoms. The van der Waals surface area contributed by atoms with Crippen LogP contribution >= 0.6 is 11.8 Å². The van der Waals surface area contributed by atoms with E-state index < -0.39 is 55.4 Å². The third kappa shape index (κ3) is 21.8. The van der Waals surface area contributed by atoms with E-state index >= 15 is 0 Å². The Balaban J connectivity index is 0.000000148. The smallest absolute Gasteiger partial charge is 0.238 e. The van der Waals surface area contributed by atoms with Crippen LogP contribution in [0.2, 0.25) is 0 Å². The molecule has 21 nitrogen and oxygen atoms in total. The summed E-state index contributed by atoms with van der Waals surface area (Å²) < 4.78 is 129. The van der Waals surface area contributed by atoms with Gasteiger partial charge in [-0.3, -0.25) is 19.3 Å².